The van der Waals surface area contributed by atoms with E-state index in [1.54, 1.807) is 0 Å². The molecule has 0 amide bonds. The Morgan fingerprint density at radius 2 is 1.82 bits per heavy atom. The SMILES string of the molecule is CC(C)c1ccc(-c2nnc(CO)n2C)cc1. The summed E-state index contributed by atoms with van der Waals surface area (Å²) in [6, 6.07) is 8.29. The van der Waals surface area contributed by atoms with Crippen LogP contribution in [-0.4, -0.2) is 19.9 Å². The van der Waals surface area contributed by atoms with Crippen LogP contribution in [0.1, 0.15) is 31.2 Å². The van der Waals surface area contributed by atoms with Crippen molar-refractivity contribution < 1.29 is 5.11 Å². The summed E-state index contributed by atoms with van der Waals surface area (Å²) in [4.78, 5) is 0. The zero-order chi connectivity index (χ0) is 12.4. The molecule has 1 N–H and O–H groups in total. The van der Waals surface area contributed by atoms with Crippen molar-refractivity contribution in [3.8, 4) is 11.4 Å². The summed E-state index contributed by atoms with van der Waals surface area (Å²) >= 11 is 0. The fraction of sp³-hybridized carbons (Fsp3) is 0.385. The molecule has 0 spiro atoms. The fourth-order valence-corrected chi connectivity index (χ4v) is 1.77. The van der Waals surface area contributed by atoms with Crippen molar-refractivity contribution >= 4 is 0 Å². The summed E-state index contributed by atoms with van der Waals surface area (Å²) in [5.74, 6) is 1.88. The highest BCUT2D eigenvalue weighted by molar-refractivity contribution is 5.55. The molecule has 0 fully saturated rings. The summed E-state index contributed by atoms with van der Waals surface area (Å²) in [5, 5.41) is 17.1. The van der Waals surface area contributed by atoms with E-state index in [-0.39, 0.29) is 6.61 Å². The third-order valence-corrected chi connectivity index (χ3v) is 2.94. The highest BCUT2D eigenvalue weighted by atomic mass is 16.3. The molecule has 0 unspecified atom stereocenters. The molecule has 17 heavy (non-hydrogen) atoms. The van der Waals surface area contributed by atoms with Gasteiger partial charge in [0.2, 0.25) is 0 Å². The van der Waals surface area contributed by atoms with E-state index in [2.05, 4.69) is 36.2 Å². The Hall–Kier alpha value is -1.68. The van der Waals surface area contributed by atoms with Crippen LogP contribution < -0.4 is 0 Å². The van der Waals surface area contributed by atoms with Gasteiger partial charge in [0.05, 0.1) is 0 Å². The third-order valence-electron chi connectivity index (χ3n) is 2.94. The molecule has 4 nitrogen and oxygen atoms in total. The van der Waals surface area contributed by atoms with Crippen molar-refractivity contribution in [3.05, 3.63) is 35.7 Å². The van der Waals surface area contributed by atoms with Crippen molar-refractivity contribution in [2.24, 2.45) is 7.05 Å². The zero-order valence-electron chi connectivity index (χ0n) is 10.4. The van der Waals surface area contributed by atoms with Gasteiger partial charge in [-0.1, -0.05) is 38.1 Å². The molecule has 0 saturated carbocycles. The van der Waals surface area contributed by atoms with Crippen molar-refractivity contribution in [2.75, 3.05) is 0 Å². The van der Waals surface area contributed by atoms with E-state index in [0.29, 0.717) is 11.7 Å². The van der Waals surface area contributed by atoms with Crippen LogP contribution in [0, 0.1) is 0 Å². The second-order valence-corrected chi connectivity index (χ2v) is 4.43. The van der Waals surface area contributed by atoms with E-state index in [0.717, 1.165) is 11.4 Å². The Morgan fingerprint density at radius 3 is 2.29 bits per heavy atom. The first-order chi connectivity index (χ1) is 8.13. The largest absolute Gasteiger partial charge is 0.388 e. The fourth-order valence-electron chi connectivity index (χ4n) is 1.77. The van der Waals surface area contributed by atoms with Gasteiger partial charge in [0.25, 0.3) is 0 Å². The van der Waals surface area contributed by atoms with Crippen LogP contribution in [0.25, 0.3) is 11.4 Å². The van der Waals surface area contributed by atoms with E-state index in [9.17, 15) is 0 Å². The van der Waals surface area contributed by atoms with E-state index < -0.39 is 0 Å². The van der Waals surface area contributed by atoms with Crippen molar-refractivity contribution in [1.82, 2.24) is 14.8 Å². The van der Waals surface area contributed by atoms with Crippen LogP contribution in [-0.2, 0) is 13.7 Å². The molecular formula is C13H17N3O. The van der Waals surface area contributed by atoms with Crippen LogP contribution in [0.2, 0.25) is 0 Å². The van der Waals surface area contributed by atoms with Crippen LogP contribution in [0.5, 0.6) is 0 Å². The predicted octanol–water partition coefficient (Wildman–Crippen LogP) is 2.10. The maximum atomic E-state index is 9.07. The molecular weight excluding hydrogens is 214 g/mol. The van der Waals surface area contributed by atoms with Gasteiger partial charge in [-0.3, -0.25) is 0 Å². The molecule has 1 aromatic carbocycles. The summed E-state index contributed by atoms with van der Waals surface area (Å²) in [5.41, 5.74) is 2.32. The van der Waals surface area contributed by atoms with Gasteiger partial charge >= 0.3 is 0 Å². The Bertz CT molecular complexity index is 500. The lowest BCUT2D eigenvalue weighted by Crippen LogP contribution is -1.99. The van der Waals surface area contributed by atoms with Crippen LogP contribution >= 0.6 is 0 Å². The molecule has 0 bridgehead atoms. The minimum atomic E-state index is -0.0897. The summed E-state index contributed by atoms with van der Waals surface area (Å²) in [6.07, 6.45) is 0. The van der Waals surface area contributed by atoms with Crippen LogP contribution in [0.4, 0.5) is 0 Å². The number of benzene rings is 1. The molecule has 1 heterocycles. The summed E-state index contributed by atoms with van der Waals surface area (Å²) < 4.78 is 1.81. The van der Waals surface area contributed by atoms with Gasteiger partial charge in [-0.05, 0) is 11.5 Å². The van der Waals surface area contributed by atoms with Gasteiger partial charge in [0, 0.05) is 12.6 Å². The summed E-state index contributed by atoms with van der Waals surface area (Å²) in [6.45, 7) is 4.25. The van der Waals surface area contributed by atoms with E-state index in [4.69, 9.17) is 5.11 Å². The monoisotopic (exact) mass is 231 g/mol. The topological polar surface area (TPSA) is 50.9 Å². The lowest BCUT2D eigenvalue weighted by Gasteiger charge is -2.06. The Balaban J connectivity index is 2.36. The maximum Gasteiger partial charge on any atom is 0.163 e. The standard InChI is InChI=1S/C13H17N3O/c1-9(2)10-4-6-11(7-5-10)13-15-14-12(8-17)16(13)3/h4-7,9,17H,8H2,1-3H3. The van der Waals surface area contributed by atoms with Crippen LogP contribution in [0.15, 0.2) is 24.3 Å². The molecule has 4 heteroatoms. The minimum Gasteiger partial charge on any atom is -0.388 e. The first-order valence-electron chi connectivity index (χ1n) is 5.73. The third kappa shape index (κ3) is 2.22. The molecule has 90 valence electrons. The lowest BCUT2D eigenvalue weighted by atomic mass is 10.0. The second kappa shape index (κ2) is 4.67. The van der Waals surface area contributed by atoms with Crippen molar-refractivity contribution in [3.63, 3.8) is 0 Å². The minimum absolute atomic E-state index is 0.0897. The molecule has 0 aliphatic rings. The van der Waals surface area contributed by atoms with Crippen LogP contribution in [0.3, 0.4) is 0 Å². The van der Waals surface area contributed by atoms with Gasteiger partial charge in [0.15, 0.2) is 11.6 Å². The predicted molar refractivity (Wildman–Crippen MR) is 66.5 cm³/mol. The van der Waals surface area contributed by atoms with Gasteiger partial charge in [-0.15, -0.1) is 10.2 Å². The Kier molecular flexibility index (Phi) is 3.24. The molecule has 0 saturated heterocycles. The first kappa shape index (κ1) is 11.8. The molecule has 2 aromatic rings. The number of aromatic nitrogens is 3. The van der Waals surface area contributed by atoms with Gasteiger partial charge < -0.3 is 9.67 Å². The number of hydrogen-bond donors (Lipinski definition) is 1. The first-order valence-corrected chi connectivity index (χ1v) is 5.73. The maximum absolute atomic E-state index is 9.07. The molecule has 1 aromatic heterocycles. The van der Waals surface area contributed by atoms with E-state index in [1.165, 1.54) is 5.56 Å². The van der Waals surface area contributed by atoms with Crippen molar-refractivity contribution in [1.29, 1.82) is 0 Å². The zero-order valence-corrected chi connectivity index (χ0v) is 10.4. The Morgan fingerprint density at radius 1 is 1.18 bits per heavy atom. The molecule has 0 atom stereocenters. The highest BCUT2D eigenvalue weighted by Crippen LogP contribution is 2.21. The van der Waals surface area contributed by atoms with Gasteiger partial charge in [0.1, 0.15) is 6.61 Å². The number of aliphatic hydroxyl groups is 1. The smallest absolute Gasteiger partial charge is 0.163 e. The highest BCUT2D eigenvalue weighted by Gasteiger charge is 2.09. The normalized spacial score (nSPS) is 11.1. The number of hydrogen-bond acceptors (Lipinski definition) is 3. The van der Waals surface area contributed by atoms with Gasteiger partial charge in [-0.2, -0.15) is 0 Å². The molecule has 0 aliphatic heterocycles. The van der Waals surface area contributed by atoms with Gasteiger partial charge in [-0.25, -0.2) is 0 Å². The number of rotatable bonds is 3. The molecule has 0 aliphatic carbocycles. The molecule has 2 rings (SSSR count). The quantitative estimate of drug-likeness (QED) is 0.880. The average molecular weight is 231 g/mol. The van der Waals surface area contributed by atoms with E-state index >= 15 is 0 Å². The lowest BCUT2D eigenvalue weighted by molar-refractivity contribution is 0.267. The second-order valence-electron chi connectivity index (χ2n) is 4.43. The Labute approximate surface area is 101 Å². The van der Waals surface area contributed by atoms with E-state index in [1.807, 2.05) is 23.7 Å². The molecule has 0 radical (unpaired) electrons. The summed E-state index contributed by atoms with van der Waals surface area (Å²) in [7, 11) is 1.86. The number of aliphatic hydroxyl groups excluding tert-OH is 1. The number of nitrogens with zero attached hydrogens (tertiary/aromatic N) is 3. The average Bonchev–Trinajstić information content (AvgIpc) is 2.70. The van der Waals surface area contributed by atoms with Crippen molar-refractivity contribution in [2.45, 2.75) is 26.4 Å².